The first-order valence-electron chi connectivity index (χ1n) is 8.63. The summed E-state index contributed by atoms with van der Waals surface area (Å²) in [7, 11) is 0. The molecule has 0 aliphatic carbocycles. The van der Waals surface area contributed by atoms with Gasteiger partial charge in [-0.2, -0.15) is 26.3 Å². The van der Waals surface area contributed by atoms with Crippen LogP contribution in [0.1, 0.15) is 21.7 Å². The molecule has 0 atom stereocenters. The number of rotatable bonds is 2. The van der Waals surface area contributed by atoms with Crippen molar-refractivity contribution in [1.82, 2.24) is 9.80 Å². The molecule has 2 heterocycles. The fraction of sp³-hybridized carbons (Fsp3) is 0.333. The first kappa shape index (κ1) is 21.5. The minimum atomic E-state index is -5.02. The van der Waals surface area contributed by atoms with E-state index in [1.54, 1.807) is 6.07 Å². The van der Waals surface area contributed by atoms with Crippen LogP contribution in [0.15, 0.2) is 41.0 Å². The van der Waals surface area contributed by atoms with Gasteiger partial charge in [0.15, 0.2) is 5.76 Å². The normalized spacial score (nSPS) is 15.3. The van der Waals surface area contributed by atoms with Crippen molar-refractivity contribution >= 4 is 17.6 Å². The SMILES string of the molecule is O=C(Nc1cc(C(F)(F)F)cc(C(F)(F)F)c1)N1CCN(C(=O)c2ccco2)CC1. The van der Waals surface area contributed by atoms with Gasteiger partial charge in [0.25, 0.3) is 5.91 Å². The third-order valence-corrected chi connectivity index (χ3v) is 4.42. The van der Waals surface area contributed by atoms with Crippen molar-refractivity contribution in [3.63, 3.8) is 0 Å². The molecule has 3 amide bonds. The van der Waals surface area contributed by atoms with Crippen LogP contribution < -0.4 is 5.32 Å². The van der Waals surface area contributed by atoms with Crippen molar-refractivity contribution in [2.45, 2.75) is 12.4 Å². The van der Waals surface area contributed by atoms with Crippen molar-refractivity contribution < 1.29 is 40.3 Å². The molecule has 12 heteroatoms. The predicted molar refractivity (Wildman–Crippen MR) is 91.6 cm³/mol. The zero-order chi connectivity index (χ0) is 22.1. The van der Waals surface area contributed by atoms with Crippen LogP contribution in [0.25, 0.3) is 0 Å². The molecule has 2 aromatic rings. The average molecular weight is 435 g/mol. The third-order valence-electron chi connectivity index (χ3n) is 4.42. The van der Waals surface area contributed by atoms with Gasteiger partial charge in [0.1, 0.15) is 0 Å². The van der Waals surface area contributed by atoms with Crippen LogP contribution in [0.3, 0.4) is 0 Å². The molecule has 6 nitrogen and oxygen atoms in total. The van der Waals surface area contributed by atoms with Gasteiger partial charge in [0, 0.05) is 31.9 Å². The van der Waals surface area contributed by atoms with E-state index in [1.807, 2.05) is 0 Å². The maximum atomic E-state index is 12.9. The number of nitrogens with one attached hydrogen (secondary N) is 1. The number of hydrogen-bond donors (Lipinski definition) is 1. The van der Waals surface area contributed by atoms with Crippen LogP contribution in [0.2, 0.25) is 0 Å². The van der Waals surface area contributed by atoms with E-state index in [1.165, 1.54) is 22.1 Å². The Labute approximate surface area is 166 Å². The van der Waals surface area contributed by atoms with Crippen molar-refractivity contribution in [2.75, 3.05) is 31.5 Å². The molecule has 0 unspecified atom stereocenters. The summed E-state index contributed by atoms with van der Waals surface area (Å²) in [5.74, 6) is -0.260. The Morgan fingerprint density at radius 3 is 1.87 bits per heavy atom. The van der Waals surface area contributed by atoms with Crippen LogP contribution >= 0.6 is 0 Å². The van der Waals surface area contributed by atoms with Crippen molar-refractivity contribution in [2.24, 2.45) is 0 Å². The van der Waals surface area contributed by atoms with Crippen LogP contribution in [-0.4, -0.2) is 47.9 Å². The molecule has 0 saturated carbocycles. The summed E-state index contributed by atoms with van der Waals surface area (Å²) in [6.45, 7) is 0.347. The number of alkyl halides is 6. The van der Waals surface area contributed by atoms with Crippen molar-refractivity contribution in [3.8, 4) is 0 Å². The lowest BCUT2D eigenvalue weighted by Crippen LogP contribution is -2.51. The molecule has 1 aliphatic rings. The molecule has 0 bridgehead atoms. The maximum Gasteiger partial charge on any atom is 0.416 e. The van der Waals surface area contributed by atoms with Gasteiger partial charge in [-0.3, -0.25) is 4.79 Å². The number of hydrogen-bond acceptors (Lipinski definition) is 3. The lowest BCUT2D eigenvalue weighted by molar-refractivity contribution is -0.143. The molecular weight excluding hydrogens is 420 g/mol. The summed E-state index contributed by atoms with van der Waals surface area (Å²) >= 11 is 0. The quantitative estimate of drug-likeness (QED) is 0.716. The number of furan rings is 1. The van der Waals surface area contributed by atoms with Crippen molar-refractivity contribution in [1.29, 1.82) is 0 Å². The molecular formula is C18H15F6N3O3. The van der Waals surface area contributed by atoms with Gasteiger partial charge in [0.05, 0.1) is 17.4 Å². The second kappa shape index (κ2) is 7.92. The number of halogens is 6. The number of carbonyl (C=O) groups is 2. The van der Waals surface area contributed by atoms with Gasteiger partial charge in [-0.15, -0.1) is 0 Å². The first-order valence-corrected chi connectivity index (χ1v) is 8.63. The highest BCUT2D eigenvalue weighted by molar-refractivity contribution is 5.92. The zero-order valence-corrected chi connectivity index (χ0v) is 15.2. The Hall–Kier alpha value is -3.18. The minimum absolute atomic E-state index is 0.0192. The number of amides is 3. The summed E-state index contributed by atoms with van der Waals surface area (Å²) in [6, 6.07) is 3.00. The number of piperazine rings is 1. The maximum absolute atomic E-state index is 12.9. The molecule has 162 valence electrons. The van der Waals surface area contributed by atoms with E-state index in [0.29, 0.717) is 12.1 Å². The van der Waals surface area contributed by atoms with E-state index in [9.17, 15) is 35.9 Å². The second-order valence-corrected chi connectivity index (χ2v) is 6.48. The Balaban J connectivity index is 1.68. The summed E-state index contributed by atoms with van der Waals surface area (Å²) in [6.07, 6.45) is -8.70. The molecule has 0 spiro atoms. The number of urea groups is 1. The van der Waals surface area contributed by atoms with Crippen LogP contribution in [0.5, 0.6) is 0 Å². The van der Waals surface area contributed by atoms with Crippen molar-refractivity contribution in [3.05, 3.63) is 53.5 Å². The Kier molecular flexibility index (Phi) is 5.68. The highest BCUT2D eigenvalue weighted by Crippen LogP contribution is 2.37. The predicted octanol–water partition coefficient (Wildman–Crippen LogP) is 4.31. The lowest BCUT2D eigenvalue weighted by Gasteiger charge is -2.34. The highest BCUT2D eigenvalue weighted by atomic mass is 19.4. The standard InChI is InChI=1S/C18H15F6N3O3/c19-17(20,21)11-8-12(18(22,23)24)10-13(9-11)25-16(29)27-5-3-26(4-6-27)15(28)14-2-1-7-30-14/h1-2,7-10H,3-6H2,(H,25,29). The molecule has 3 rings (SSSR count). The Morgan fingerprint density at radius 1 is 0.867 bits per heavy atom. The lowest BCUT2D eigenvalue weighted by atomic mass is 10.1. The van der Waals surface area contributed by atoms with Gasteiger partial charge in [-0.25, -0.2) is 4.79 Å². The molecule has 30 heavy (non-hydrogen) atoms. The molecule has 1 aromatic heterocycles. The summed E-state index contributed by atoms with van der Waals surface area (Å²) in [4.78, 5) is 27.1. The number of nitrogens with zero attached hydrogens (tertiary/aromatic N) is 2. The van der Waals surface area contributed by atoms with E-state index in [-0.39, 0.29) is 43.9 Å². The van der Waals surface area contributed by atoms with Gasteiger partial charge in [-0.05, 0) is 30.3 Å². The monoisotopic (exact) mass is 435 g/mol. The van der Waals surface area contributed by atoms with Gasteiger partial charge in [-0.1, -0.05) is 0 Å². The Bertz CT molecular complexity index is 884. The van der Waals surface area contributed by atoms with Gasteiger partial charge in [0.2, 0.25) is 0 Å². The molecule has 1 fully saturated rings. The topological polar surface area (TPSA) is 65.8 Å². The van der Waals surface area contributed by atoms with E-state index in [4.69, 9.17) is 4.42 Å². The minimum Gasteiger partial charge on any atom is -0.459 e. The van der Waals surface area contributed by atoms with Crippen LogP contribution in [-0.2, 0) is 12.4 Å². The van der Waals surface area contributed by atoms with E-state index >= 15 is 0 Å². The smallest absolute Gasteiger partial charge is 0.416 e. The molecule has 0 radical (unpaired) electrons. The molecule has 1 saturated heterocycles. The Morgan fingerprint density at radius 2 is 1.40 bits per heavy atom. The zero-order valence-electron chi connectivity index (χ0n) is 15.2. The van der Waals surface area contributed by atoms with E-state index in [2.05, 4.69) is 5.32 Å². The molecule has 1 aliphatic heterocycles. The fourth-order valence-corrected chi connectivity index (χ4v) is 2.90. The van der Waals surface area contributed by atoms with E-state index < -0.39 is 35.2 Å². The van der Waals surface area contributed by atoms with Crippen LogP contribution in [0.4, 0.5) is 36.8 Å². The van der Waals surface area contributed by atoms with Crippen LogP contribution in [0, 0.1) is 0 Å². The average Bonchev–Trinajstić information content (AvgIpc) is 3.20. The number of carbonyl (C=O) groups excluding carboxylic acids is 2. The second-order valence-electron chi connectivity index (χ2n) is 6.48. The third kappa shape index (κ3) is 4.86. The first-order chi connectivity index (χ1) is 13.9. The largest absolute Gasteiger partial charge is 0.459 e. The summed E-state index contributed by atoms with van der Waals surface area (Å²) in [5, 5.41) is 2.07. The van der Waals surface area contributed by atoms with Gasteiger partial charge < -0.3 is 19.5 Å². The summed E-state index contributed by atoms with van der Waals surface area (Å²) < 4.78 is 82.6. The number of anilines is 1. The molecule has 1 aromatic carbocycles. The fourth-order valence-electron chi connectivity index (χ4n) is 2.90. The highest BCUT2D eigenvalue weighted by Gasteiger charge is 2.37. The van der Waals surface area contributed by atoms with Gasteiger partial charge >= 0.3 is 18.4 Å². The number of benzene rings is 1. The molecule has 1 N–H and O–H groups in total. The van der Waals surface area contributed by atoms with E-state index in [0.717, 1.165) is 0 Å². The summed E-state index contributed by atoms with van der Waals surface area (Å²) in [5.41, 5.74) is -3.68.